The molecule has 1 aliphatic heterocycles. The van der Waals surface area contributed by atoms with Gasteiger partial charge in [-0.15, -0.1) is 18.2 Å². The first kappa shape index (κ1) is 48.0. The number of methoxy groups -OCH3 is 1. The zero-order valence-corrected chi connectivity index (χ0v) is 37.2. The van der Waals surface area contributed by atoms with Gasteiger partial charge in [0.05, 0.1) is 41.7 Å². The second-order valence-electron chi connectivity index (χ2n) is 16.1. The number of fused-ring (bicyclic) bond motifs is 2. The lowest BCUT2D eigenvalue weighted by Gasteiger charge is -2.59. The van der Waals surface area contributed by atoms with Crippen molar-refractivity contribution in [1.29, 1.82) is 0 Å². The molecule has 1 heterocycles. The number of ether oxygens (including phenoxy) is 5. The van der Waals surface area contributed by atoms with Gasteiger partial charge in [-0.2, -0.15) is 0 Å². The molecule has 6 unspecified atom stereocenters. The van der Waals surface area contributed by atoms with Crippen molar-refractivity contribution in [1.82, 2.24) is 4.90 Å². The second-order valence-corrected chi connectivity index (χ2v) is 16.5. The first-order chi connectivity index (χ1) is 31.2. The Morgan fingerprint density at radius 2 is 1.80 bits per heavy atom. The molecule has 64 heavy (non-hydrogen) atoms. The number of aliphatic hydroxyl groups excluding tert-OH is 2. The van der Waals surface area contributed by atoms with Gasteiger partial charge in [-0.05, 0) is 104 Å². The second kappa shape index (κ2) is 22.9. The molecule has 0 bridgehead atoms. The fourth-order valence-corrected chi connectivity index (χ4v) is 9.52. The number of aldehydes is 1. The molecule has 0 saturated heterocycles. The number of alkyl halides is 1. The van der Waals surface area contributed by atoms with Crippen molar-refractivity contribution >= 4 is 35.4 Å². The Morgan fingerprint density at radius 3 is 2.47 bits per heavy atom. The van der Waals surface area contributed by atoms with Crippen molar-refractivity contribution in [3.63, 3.8) is 0 Å². The van der Waals surface area contributed by atoms with Gasteiger partial charge in [0, 0.05) is 49.8 Å². The van der Waals surface area contributed by atoms with Crippen LogP contribution in [0.15, 0.2) is 90.1 Å². The number of nitro benzene ring substituents is 1. The smallest absolute Gasteiger partial charge is 0.410 e. The van der Waals surface area contributed by atoms with Crippen LogP contribution in [-0.2, 0) is 20.9 Å². The highest BCUT2D eigenvalue weighted by atomic mass is 35.5. The maximum Gasteiger partial charge on any atom is 0.410 e. The summed E-state index contributed by atoms with van der Waals surface area (Å²) in [5.41, 5.74) is 3.21. The molecule has 1 saturated carbocycles. The number of hydrogen-bond donors (Lipinski definition) is 2. The number of rotatable bonds is 24. The van der Waals surface area contributed by atoms with Gasteiger partial charge in [0.1, 0.15) is 42.3 Å². The summed E-state index contributed by atoms with van der Waals surface area (Å²) in [6, 6.07) is 15.9. The van der Waals surface area contributed by atoms with Crippen molar-refractivity contribution in [3.05, 3.63) is 112 Å². The minimum Gasteiger partial charge on any atom is -0.496 e. The molecule has 1 fully saturated rings. The molecule has 3 aliphatic rings. The van der Waals surface area contributed by atoms with Gasteiger partial charge in [0.2, 0.25) is 5.79 Å². The van der Waals surface area contributed by atoms with E-state index in [1.807, 2.05) is 19.1 Å². The lowest BCUT2D eigenvalue weighted by atomic mass is 9.55. The van der Waals surface area contributed by atoms with Gasteiger partial charge in [0.25, 0.3) is 5.69 Å². The Balaban J connectivity index is 1.56. The van der Waals surface area contributed by atoms with Gasteiger partial charge in [-0.3, -0.25) is 19.8 Å². The van der Waals surface area contributed by atoms with Crippen LogP contribution in [0.25, 0.3) is 0 Å². The molecule has 6 rings (SSSR count). The number of aliphatic hydroxyl groups is 2. The zero-order chi connectivity index (χ0) is 45.6. The highest BCUT2D eigenvalue weighted by Gasteiger charge is 2.65. The Kier molecular flexibility index (Phi) is 17.2. The number of halogens is 1. The van der Waals surface area contributed by atoms with Gasteiger partial charge in [-0.1, -0.05) is 37.1 Å². The molecule has 16 heteroatoms. The molecular weight excluding hydrogens is 846 g/mol. The molecule has 3 aromatic rings. The molecule has 2 N–H and O–H groups in total. The van der Waals surface area contributed by atoms with E-state index in [1.165, 1.54) is 19.2 Å². The van der Waals surface area contributed by atoms with Crippen LogP contribution in [0.1, 0.15) is 85.7 Å². The number of nitro groups is 1. The number of allylic oxidation sites excluding steroid dienone is 1. The van der Waals surface area contributed by atoms with Crippen LogP contribution in [-0.4, -0.2) is 95.9 Å². The number of benzene rings is 3. The summed E-state index contributed by atoms with van der Waals surface area (Å²) >= 11 is 6.02. The minimum atomic E-state index is -1.51. The van der Waals surface area contributed by atoms with E-state index in [2.05, 4.69) is 12.7 Å². The predicted molar refractivity (Wildman–Crippen MR) is 240 cm³/mol. The van der Waals surface area contributed by atoms with Crippen molar-refractivity contribution in [3.8, 4) is 23.0 Å². The van der Waals surface area contributed by atoms with Gasteiger partial charge >= 0.3 is 6.09 Å². The lowest BCUT2D eigenvalue weighted by Crippen LogP contribution is -2.70. The molecule has 15 nitrogen and oxygen atoms in total. The summed E-state index contributed by atoms with van der Waals surface area (Å²) in [5, 5.41) is 36.0. The molecule has 0 aromatic heterocycles. The van der Waals surface area contributed by atoms with Gasteiger partial charge in [-0.25, -0.2) is 4.79 Å². The summed E-state index contributed by atoms with van der Waals surface area (Å²) in [5.74, 6) is -0.523. The van der Waals surface area contributed by atoms with Crippen LogP contribution < -0.4 is 14.2 Å². The highest BCUT2D eigenvalue weighted by molar-refractivity contribution is 6.18. The van der Waals surface area contributed by atoms with Crippen molar-refractivity contribution < 1.29 is 53.2 Å². The molecule has 344 valence electrons. The lowest BCUT2D eigenvalue weighted by molar-refractivity contribution is -0.384. The van der Waals surface area contributed by atoms with Crippen LogP contribution in [0, 0.1) is 27.9 Å². The maximum atomic E-state index is 14.2. The number of oxime groups is 1. The van der Waals surface area contributed by atoms with Crippen LogP contribution >= 0.6 is 11.6 Å². The average Bonchev–Trinajstić information content (AvgIpc) is 3.30. The molecular formula is C48H58ClN3O12. The number of carbonyl (C=O) groups excluding carboxylic acids is 2. The van der Waals surface area contributed by atoms with E-state index in [1.54, 1.807) is 47.4 Å². The number of hydrogen-bond acceptors (Lipinski definition) is 13. The molecule has 3 aromatic carbocycles. The first-order valence-electron chi connectivity index (χ1n) is 21.9. The predicted octanol–water partition coefficient (Wildman–Crippen LogP) is 9.13. The Morgan fingerprint density at radius 1 is 1.06 bits per heavy atom. The quantitative estimate of drug-likeness (QED) is 0.0217. The van der Waals surface area contributed by atoms with Crippen LogP contribution in [0.4, 0.5) is 10.5 Å². The Bertz CT molecular complexity index is 2150. The number of unbranched alkanes of at least 4 members (excludes halogenated alkanes) is 2. The standard InChI is InChI=1S/C48H58ClN3O12/c1-4-21-51(47(56)60-25-20-49)44-29-41(50-62-31-32-12-14-35(15-13-32)52(57)58)39-27-33(10-6-8-22-53)38(11-7-9-23-54)45-40-28-37(63-36-16-18-42(59-3)34(26-36)30-55)17-19-43(40)64-48(44,46(39)45)61-24-5-2/h5,12-19,26-28,30,33,38,44-46,53-54H,2,4,6-11,20-25,29,31H2,1,3H3. The number of nitrogens with zero attached hydrogens (tertiary/aromatic N) is 3. The summed E-state index contributed by atoms with van der Waals surface area (Å²) in [6.07, 6.45) is 8.89. The summed E-state index contributed by atoms with van der Waals surface area (Å²) in [7, 11) is 1.49. The average molecular weight is 904 g/mol. The Labute approximate surface area is 378 Å². The summed E-state index contributed by atoms with van der Waals surface area (Å²) in [6.45, 7) is 6.41. The third kappa shape index (κ3) is 10.7. The van der Waals surface area contributed by atoms with E-state index in [0.29, 0.717) is 65.4 Å². The topological polar surface area (TPSA) is 189 Å². The number of amides is 1. The SMILES string of the molecule is C=CCOC12Oc3ccc(Oc4ccc(OC)c(C=O)c4)cc3C3C(CCCCO)C(CCCCO)C=C(C(=NOCc4ccc([N+](=O)[O-])cc4)CC1N(CCC)C(=O)OCCCl)C32. The molecule has 0 spiro atoms. The van der Waals surface area contributed by atoms with E-state index in [9.17, 15) is 29.9 Å². The summed E-state index contributed by atoms with van der Waals surface area (Å²) in [4.78, 5) is 44.7. The highest BCUT2D eigenvalue weighted by Crippen LogP contribution is 2.62. The molecule has 1 amide bonds. The Hall–Kier alpha value is -5.48. The third-order valence-corrected chi connectivity index (χ3v) is 12.3. The van der Waals surface area contributed by atoms with E-state index in [4.69, 9.17) is 45.3 Å². The number of carbonyl (C=O) groups is 2. The molecule has 0 radical (unpaired) electrons. The normalized spacial score (nSPS) is 22.5. The molecule has 2 aliphatic carbocycles. The van der Waals surface area contributed by atoms with Gasteiger partial charge < -0.3 is 38.7 Å². The van der Waals surface area contributed by atoms with Crippen molar-refractivity contribution in [2.24, 2.45) is 22.9 Å². The van der Waals surface area contributed by atoms with Crippen molar-refractivity contribution in [2.45, 2.75) is 82.6 Å². The van der Waals surface area contributed by atoms with E-state index in [0.717, 1.165) is 36.8 Å². The van der Waals surface area contributed by atoms with E-state index in [-0.39, 0.29) is 75.3 Å². The maximum absolute atomic E-state index is 14.2. The van der Waals surface area contributed by atoms with Crippen LogP contribution in [0.2, 0.25) is 0 Å². The van der Waals surface area contributed by atoms with Gasteiger partial charge in [0.15, 0.2) is 6.29 Å². The largest absolute Gasteiger partial charge is 0.496 e. The first-order valence-corrected chi connectivity index (χ1v) is 22.4. The zero-order valence-electron chi connectivity index (χ0n) is 36.4. The number of non-ortho nitro benzene ring substituents is 1. The summed E-state index contributed by atoms with van der Waals surface area (Å²) < 4.78 is 31.8. The monoisotopic (exact) mass is 903 g/mol. The van der Waals surface area contributed by atoms with E-state index >= 15 is 0 Å². The van der Waals surface area contributed by atoms with Crippen LogP contribution in [0.3, 0.4) is 0 Å². The molecule has 6 atom stereocenters. The minimum absolute atomic E-state index is 0.0121. The van der Waals surface area contributed by atoms with Crippen LogP contribution in [0.5, 0.6) is 23.0 Å². The third-order valence-electron chi connectivity index (χ3n) is 12.1. The fourth-order valence-electron chi connectivity index (χ4n) is 9.44. The van der Waals surface area contributed by atoms with Crippen molar-refractivity contribution in [2.75, 3.05) is 46.0 Å². The van der Waals surface area contributed by atoms with E-state index < -0.39 is 28.8 Å². The fraction of sp³-hybridized carbons (Fsp3) is 0.479.